The van der Waals surface area contributed by atoms with Gasteiger partial charge in [-0.15, -0.1) is 0 Å². The second-order valence-corrected chi connectivity index (χ2v) is 6.33. The van der Waals surface area contributed by atoms with Crippen LogP contribution in [-0.4, -0.2) is 16.9 Å². The average Bonchev–Trinajstić information content (AvgIpc) is 2.90. The Morgan fingerprint density at radius 1 is 1.00 bits per heavy atom. The van der Waals surface area contributed by atoms with Crippen molar-refractivity contribution in [2.45, 2.75) is 20.8 Å². The van der Waals surface area contributed by atoms with Gasteiger partial charge in [0.15, 0.2) is 5.78 Å². The Morgan fingerprint density at radius 2 is 1.62 bits per heavy atom. The number of Topliss-reactive ketones (excluding diaryl/α,β-unsaturated/α-hetero) is 1. The Labute approximate surface area is 151 Å². The molecule has 1 aromatic heterocycles. The zero-order valence-electron chi connectivity index (χ0n) is 14.9. The van der Waals surface area contributed by atoms with Crippen molar-refractivity contribution in [1.29, 1.82) is 0 Å². The summed E-state index contributed by atoms with van der Waals surface area (Å²) >= 11 is 0. The van der Waals surface area contributed by atoms with Crippen molar-refractivity contribution in [2.24, 2.45) is 0 Å². The molecule has 0 bridgehead atoms. The van der Waals surface area contributed by atoms with Gasteiger partial charge in [-0.1, -0.05) is 23.8 Å². The van der Waals surface area contributed by atoms with E-state index >= 15 is 0 Å². The predicted octanol–water partition coefficient (Wildman–Crippen LogP) is 4.98. The molecule has 3 nitrogen and oxygen atoms in total. The molecule has 3 aromatic rings. The summed E-state index contributed by atoms with van der Waals surface area (Å²) in [6, 6.07) is 13.4. The Hall–Kier alpha value is -2.95. The summed E-state index contributed by atoms with van der Waals surface area (Å²) in [5.74, 6) is -1.66. The lowest BCUT2D eigenvalue weighted by atomic mass is 10.1. The van der Waals surface area contributed by atoms with E-state index < -0.39 is 11.6 Å². The molecule has 0 fully saturated rings. The molecule has 26 heavy (non-hydrogen) atoms. The highest BCUT2D eigenvalue weighted by atomic mass is 19.1. The third-order valence-electron chi connectivity index (χ3n) is 4.41. The summed E-state index contributed by atoms with van der Waals surface area (Å²) in [4.78, 5) is 12.6. The van der Waals surface area contributed by atoms with E-state index in [-0.39, 0.29) is 18.0 Å². The lowest BCUT2D eigenvalue weighted by Crippen LogP contribution is -2.16. The molecule has 0 aliphatic carbocycles. The van der Waals surface area contributed by atoms with Crippen molar-refractivity contribution in [1.82, 2.24) is 4.57 Å². The van der Waals surface area contributed by atoms with E-state index in [9.17, 15) is 13.6 Å². The lowest BCUT2D eigenvalue weighted by Gasteiger charge is -2.11. The molecule has 3 rings (SSSR count). The Bertz CT molecular complexity index is 939. The fraction of sp³-hybridized carbons (Fsp3) is 0.190. The number of para-hydroxylation sites is 1. The number of rotatable bonds is 5. The van der Waals surface area contributed by atoms with Crippen LogP contribution in [0.1, 0.15) is 27.3 Å². The highest BCUT2D eigenvalue weighted by molar-refractivity contribution is 6.00. The molecular weight excluding hydrogens is 334 g/mol. The summed E-state index contributed by atoms with van der Waals surface area (Å²) < 4.78 is 29.4. The fourth-order valence-electron chi connectivity index (χ4n) is 3.07. The van der Waals surface area contributed by atoms with Crippen molar-refractivity contribution < 1.29 is 13.6 Å². The summed E-state index contributed by atoms with van der Waals surface area (Å²) in [5.41, 5.74) is 4.10. The van der Waals surface area contributed by atoms with Crippen LogP contribution in [-0.2, 0) is 0 Å². The maximum absolute atomic E-state index is 13.7. The van der Waals surface area contributed by atoms with Gasteiger partial charge in [-0.3, -0.25) is 4.79 Å². The number of aromatic nitrogens is 1. The molecule has 0 saturated heterocycles. The number of anilines is 1. The summed E-state index contributed by atoms with van der Waals surface area (Å²) in [6.45, 7) is 5.62. The number of nitrogens with one attached hydrogen (secondary N) is 1. The highest BCUT2D eigenvalue weighted by Crippen LogP contribution is 2.23. The Morgan fingerprint density at radius 3 is 2.23 bits per heavy atom. The van der Waals surface area contributed by atoms with Crippen LogP contribution in [0.25, 0.3) is 5.69 Å². The number of nitrogens with zero attached hydrogens (tertiary/aromatic N) is 1. The van der Waals surface area contributed by atoms with Crippen LogP contribution in [0.2, 0.25) is 0 Å². The van der Waals surface area contributed by atoms with Gasteiger partial charge in [-0.05, 0) is 51.1 Å². The maximum Gasteiger partial charge on any atom is 0.183 e. The van der Waals surface area contributed by atoms with E-state index in [0.717, 1.165) is 34.8 Å². The average molecular weight is 354 g/mol. The molecule has 0 radical (unpaired) electrons. The van der Waals surface area contributed by atoms with Crippen molar-refractivity contribution in [3.63, 3.8) is 0 Å². The largest absolute Gasteiger partial charge is 0.373 e. The molecule has 0 amide bonds. The van der Waals surface area contributed by atoms with Crippen LogP contribution >= 0.6 is 0 Å². The number of carbonyl (C=O) groups is 1. The van der Waals surface area contributed by atoms with Gasteiger partial charge in [-0.2, -0.15) is 0 Å². The van der Waals surface area contributed by atoms with Gasteiger partial charge in [0.05, 0.1) is 6.54 Å². The molecule has 0 atom stereocenters. The first-order valence-corrected chi connectivity index (χ1v) is 8.35. The van der Waals surface area contributed by atoms with Gasteiger partial charge in [0, 0.05) is 22.6 Å². The standard InChI is InChI=1S/C21H20F2N2O/c1-13-7-9-16(10-8-13)25-14(2)11-17(15(25)3)20(26)12-24-21-18(22)5-4-6-19(21)23/h4-11,24H,12H2,1-3H3. The second kappa shape index (κ2) is 7.12. The SMILES string of the molecule is Cc1ccc(-n2c(C)cc(C(=O)CNc3c(F)cccc3F)c2C)cc1. The van der Waals surface area contributed by atoms with Crippen molar-refractivity contribution >= 4 is 11.5 Å². The number of aryl methyl sites for hydroxylation is 2. The minimum Gasteiger partial charge on any atom is -0.373 e. The van der Waals surface area contributed by atoms with Crippen LogP contribution in [0.15, 0.2) is 48.5 Å². The molecule has 0 aliphatic rings. The molecule has 0 spiro atoms. The third kappa shape index (κ3) is 3.38. The van der Waals surface area contributed by atoms with Crippen LogP contribution < -0.4 is 5.32 Å². The van der Waals surface area contributed by atoms with Gasteiger partial charge in [0.1, 0.15) is 17.3 Å². The quantitative estimate of drug-likeness (QED) is 0.656. The van der Waals surface area contributed by atoms with Gasteiger partial charge in [0.25, 0.3) is 0 Å². The van der Waals surface area contributed by atoms with Crippen molar-refractivity contribution in [3.05, 3.63) is 82.7 Å². The zero-order valence-corrected chi connectivity index (χ0v) is 14.9. The minimum absolute atomic E-state index is 0.184. The molecule has 0 unspecified atom stereocenters. The monoisotopic (exact) mass is 354 g/mol. The topological polar surface area (TPSA) is 34.0 Å². The summed E-state index contributed by atoms with van der Waals surface area (Å²) in [6.07, 6.45) is 0. The van der Waals surface area contributed by atoms with E-state index in [2.05, 4.69) is 5.32 Å². The third-order valence-corrected chi connectivity index (χ3v) is 4.41. The van der Waals surface area contributed by atoms with Crippen LogP contribution in [0.4, 0.5) is 14.5 Å². The van der Waals surface area contributed by atoms with Gasteiger partial charge < -0.3 is 9.88 Å². The number of carbonyl (C=O) groups excluding carboxylic acids is 1. The van der Waals surface area contributed by atoms with E-state index in [4.69, 9.17) is 0 Å². The first-order chi connectivity index (χ1) is 12.4. The molecule has 2 aromatic carbocycles. The molecule has 0 saturated carbocycles. The molecule has 0 aliphatic heterocycles. The number of benzene rings is 2. The van der Waals surface area contributed by atoms with E-state index in [0.29, 0.717) is 5.56 Å². The predicted molar refractivity (Wildman–Crippen MR) is 99.2 cm³/mol. The highest BCUT2D eigenvalue weighted by Gasteiger charge is 2.17. The van der Waals surface area contributed by atoms with Crippen LogP contribution in [0.3, 0.4) is 0 Å². The first-order valence-electron chi connectivity index (χ1n) is 8.35. The molecular formula is C21H20F2N2O. The zero-order chi connectivity index (χ0) is 18.8. The molecule has 1 N–H and O–H groups in total. The summed E-state index contributed by atoms with van der Waals surface area (Å²) in [7, 11) is 0. The van der Waals surface area contributed by atoms with Gasteiger partial charge in [-0.25, -0.2) is 8.78 Å². The van der Waals surface area contributed by atoms with E-state index in [1.165, 1.54) is 6.07 Å². The minimum atomic E-state index is -0.720. The van der Waals surface area contributed by atoms with Crippen molar-refractivity contribution in [2.75, 3.05) is 11.9 Å². The van der Waals surface area contributed by atoms with Crippen LogP contribution in [0, 0.1) is 32.4 Å². The second-order valence-electron chi connectivity index (χ2n) is 6.33. The number of halogens is 2. The normalized spacial score (nSPS) is 10.8. The van der Waals surface area contributed by atoms with Gasteiger partial charge >= 0.3 is 0 Å². The number of hydrogen-bond acceptors (Lipinski definition) is 2. The smallest absolute Gasteiger partial charge is 0.183 e. The van der Waals surface area contributed by atoms with Gasteiger partial charge in [0.2, 0.25) is 0 Å². The molecule has 5 heteroatoms. The molecule has 134 valence electrons. The molecule has 1 heterocycles. The first kappa shape index (κ1) is 17.9. The summed E-state index contributed by atoms with van der Waals surface area (Å²) in [5, 5.41) is 2.57. The van der Waals surface area contributed by atoms with E-state index in [1.807, 2.05) is 49.6 Å². The van der Waals surface area contributed by atoms with Crippen LogP contribution in [0.5, 0.6) is 0 Å². The Balaban J connectivity index is 1.85. The number of hydrogen-bond donors (Lipinski definition) is 1. The fourth-order valence-corrected chi connectivity index (χ4v) is 3.07. The van der Waals surface area contributed by atoms with E-state index in [1.54, 1.807) is 6.07 Å². The number of ketones is 1. The maximum atomic E-state index is 13.7. The lowest BCUT2D eigenvalue weighted by molar-refractivity contribution is 0.101. The Kier molecular flexibility index (Phi) is 4.89. The van der Waals surface area contributed by atoms with Crippen molar-refractivity contribution in [3.8, 4) is 5.69 Å².